The summed E-state index contributed by atoms with van der Waals surface area (Å²) in [6.07, 6.45) is -53.2. The van der Waals surface area contributed by atoms with E-state index < -0.39 is 138 Å². The van der Waals surface area contributed by atoms with Gasteiger partial charge < -0.3 is 0 Å². The Labute approximate surface area is 349 Å². The molecule has 0 rings (SSSR count). The van der Waals surface area contributed by atoms with Crippen LogP contribution in [-0.4, -0.2) is 144 Å². The van der Waals surface area contributed by atoms with Gasteiger partial charge in [0.25, 0.3) is 0 Å². The number of hydrogen-bond donors (Lipinski definition) is 2. The predicted octanol–water partition coefficient (Wildman–Crippen LogP) is 12.2. The third-order valence-electron chi connectivity index (χ3n) is 7.91. The topological polar surface area (TPSA) is 109 Å². The molecule has 0 aromatic heterocycles. The van der Waals surface area contributed by atoms with E-state index in [0.29, 0.717) is 0 Å². The van der Waals surface area contributed by atoms with Crippen LogP contribution in [0.4, 0.5) is 184 Å². The maximum absolute atomic E-state index is 14.2. The van der Waals surface area contributed by atoms with Crippen molar-refractivity contribution in [1.29, 1.82) is 0 Å². The second kappa shape index (κ2) is 16.7. The number of hydrogen-bond acceptors (Lipinski definition) is 4. The zero-order valence-electron chi connectivity index (χ0n) is 29.2. The SMILES string of the molecule is O=S(=O)(O)C(F)(F)C(F)(F)C(F)(C(F)(F)F)C(F)(F)C(F)(C(F)(F)F)C(F)(F)C(F)(F)C(F)(F)F.O=S(=O)(O)C(F)(F)C(F)(F)C(F)(F)C(F)(C(F)(F)F)C(F)(C(F)(F)F)C(F)(F)C(F)(F)C(F)(F)F. The normalized spacial score (nSPS) is 19.8. The van der Waals surface area contributed by atoms with Crippen LogP contribution in [0.3, 0.4) is 0 Å². The van der Waals surface area contributed by atoms with Gasteiger partial charge in [-0.1, -0.05) is 0 Å². The highest BCUT2D eigenvalue weighted by molar-refractivity contribution is 7.87. The molecule has 70 heavy (non-hydrogen) atoms. The van der Waals surface area contributed by atoms with Crippen LogP contribution in [0.15, 0.2) is 0 Å². The summed E-state index contributed by atoms with van der Waals surface area (Å²) in [6.45, 7) is 0. The van der Waals surface area contributed by atoms with Crippen LogP contribution < -0.4 is 0 Å². The molecule has 0 saturated heterocycles. The quantitative estimate of drug-likeness (QED) is 0.132. The third kappa shape index (κ3) is 8.46. The molecule has 2 N–H and O–H groups in total. The molecule has 6 nitrogen and oxygen atoms in total. The molecule has 0 aliphatic rings. The Kier molecular flexibility index (Phi) is 16.4. The second-order valence-electron chi connectivity index (χ2n) is 12.2. The number of rotatable bonds is 14. The molecule has 0 aromatic rings. The number of alkyl halides is 42. The lowest BCUT2D eigenvalue weighted by atomic mass is 9.71. The van der Waals surface area contributed by atoms with Crippen molar-refractivity contribution >= 4 is 20.2 Å². The first-order valence-corrected chi connectivity index (χ1v) is 16.8. The van der Waals surface area contributed by atoms with Crippen LogP contribution >= 0.6 is 0 Å². The van der Waals surface area contributed by atoms with E-state index in [9.17, 15) is 201 Å². The van der Waals surface area contributed by atoms with Crippen molar-refractivity contribution < 1.29 is 210 Å². The lowest BCUT2D eigenvalue weighted by Crippen LogP contribution is -2.85. The largest absolute Gasteiger partial charge is 0.460 e. The predicted molar refractivity (Wildman–Crippen MR) is 124 cm³/mol. The van der Waals surface area contributed by atoms with E-state index in [0.717, 1.165) is 0 Å². The molecule has 0 spiro atoms. The lowest BCUT2D eigenvalue weighted by Gasteiger charge is -2.50. The first-order valence-electron chi connectivity index (χ1n) is 13.9. The average Bonchev–Trinajstić information content (AvgIpc) is 3.05. The highest BCUT2D eigenvalue weighted by Gasteiger charge is 3.05. The first-order chi connectivity index (χ1) is 29.0. The van der Waals surface area contributed by atoms with Crippen LogP contribution in [-0.2, 0) is 20.2 Å². The smallest absolute Gasteiger partial charge is 0.281 e. The Bertz CT molecular complexity index is 2120. The molecule has 0 aromatic carbocycles. The second-order valence-corrected chi connectivity index (χ2v) is 15.1. The van der Waals surface area contributed by atoms with E-state index in [4.69, 9.17) is 9.11 Å². The van der Waals surface area contributed by atoms with Gasteiger partial charge in [0.1, 0.15) is 0 Å². The zero-order valence-corrected chi connectivity index (χ0v) is 30.9. The zero-order chi connectivity index (χ0) is 59.0. The van der Waals surface area contributed by atoms with Gasteiger partial charge >= 0.3 is 138 Å². The summed E-state index contributed by atoms with van der Waals surface area (Å²) in [4.78, 5) is 0. The fourth-order valence-corrected chi connectivity index (χ4v) is 5.15. The Hall–Kier alpha value is -3.12. The Morgan fingerprint density at radius 2 is 0.343 bits per heavy atom. The summed E-state index contributed by atoms with van der Waals surface area (Å²) < 4.78 is 604. The molecule has 4 atom stereocenters. The minimum absolute atomic E-state index is 7.74. The van der Waals surface area contributed by atoms with Crippen molar-refractivity contribution in [3.8, 4) is 0 Å². The summed E-state index contributed by atoms with van der Waals surface area (Å²) in [5, 5.41) is -16.8. The summed E-state index contributed by atoms with van der Waals surface area (Å²) in [5.41, 5.74) is -39.4. The van der Waals surface area contributed by atoms with Crippen molar-refractivity contribution in [3.63, 3.8) is 0 Å². The van der Waals surface area contributed by atoms with Crippen molar-refractivity contribution in [2.45, 2.75) is 118 Å². The van der Waals surface area contributed by atoms with Gasteiger partial charge in [0.2, 0.25) is 0 Å². The van der Waals surface area contributed by atoms with E-state index in [1.807, 2.05) is 0 Å². The molecule has 50 heteroatoms. The Morgan fingerprint density at radius 3 is 0.514 bits per heavy atom. The highest BCUT2D eigenvalue weighted by atomic mass is 32.2. The van der Waals surface area contributed by atoms with E-state index >= 15 is 0 Å². The highest BCUT2D eigenvalue weighted by Crippen LogP contribution is 2.72. The van der Waals surface area contributed by atoms with E-state index in [1.165, 1.54) is 0 Å². The van der Waals surface area contributed by atoms with Gasteiger partial charge in [0.15, 0.2) is 0 Å². The Morgan fingerprint density at radius 1 is 0.186 bits per heavy atom. The molecular weight excluding hydrogens is 1200 g/mol. The molecule has 0 fully saturated rings. The van der Waals surface area contributed by atoms with E-state index in [2.05, 4.69) is 0 Å². The molecule has 4 unspecified atom stereocenters. The lowest BCUT2D eigenvalue weighted by molar-refractivity contribution is -0.484. The monoisotopic (exact) mass is 1200 g/mol. The van der Waals surface area contributed by atoms with Crippen LogP contribution in [0.5, 0.6) is 0 Å². The molecular formula is C20H2F42O6S2. The first kappa shape index (κ1) is 69.0. The maximum Gasteiger partial charge on any atom is 0.460 e. The van der Waals surface area contributed by atoms with Crippen LogP contribution in [0, 0.1) is 0 Å². The molecule has 0 aliphatic carbocycles. The van der Waals surface area contributed by atoms with Crippen LogP contribution in [0.2, 0.25) is 0 Å². The van der Waals surface area contributed by atoms with Gasteiger partial charge in [0.05, 0.1) is 0 Å². The fraction of sp³-hybridized carbons (Fsp3) is 1.00. The van der Waals surface area contributed by atoms with Crippen molar-refractivity contribution in [2.75, 3.05) is 0 Å². The summed E-state index contributed by atoms with van der Waals surface area (Å²) >= 11 is 0. The molecule has 0 saturated carbocycles. The molecule has 0 heterocycles. The van der Waals surface area contributed by atoms with Gasteiger partial charge in [-0.3, -0.25) is 9.11 Å². The summed E-state index contributed by atoms with van der Waals surface area (Å²) in [5.74, 6) is -75.0. The van der Waals surface area contributed by atoms with E-state index in [1.54, 1.807) is 0 Å². The van der Waals surface area contributed by atoms with Crippen LogP contribution in [0.1, 0.15) is 0 Å². The van der Waals surface area contributed by atoms with Gasteiger partial charge in [0, 0.05) is 0 Å². The average molecular weight is 1200 g/mol. The van der Waals surface area contributed by atoms with Crippen LogP contribution in [0.25, 0.3) is 0 Å². The molecule has 0 amide bonds. The van der Waals surface area contributed by atoms with E-state index in [-0.39, 0.29) is 0 Å². The summed E-state index contributed by atoms with van der Waals surface area (Å²) in [7, 11) is -16.7. The standard InChI is InChI=1S/2C10HF21O3S/c11-1(7(21,22)23,4(15,16)6(19,20)9(27,28)29)3(13,14)2(12,8(24,25)26)5(17,18)10(30,31)35(32,33)34;11-1(7(21,22)23,3(13,14)5(17,18)9(27,28)29)2(12,8(24,25)26)4(15,16)6(19,20)10(30,31)35(32,33)34/h2*(H,32,33,34). The molecule has 0 bridgehead atoms. The molecule has 0 aliphatic heterocycles. The molecule has 424 valence electrons. The fourth-order valence-electron chi connectivity index (χ4n) is 4.24. The molecule has 0 radical (unpaired) electrons. The maximum atomic E-state index is 14.2. The third-order valence-corrected chi connectivity index (χ3v) is 9.72. The van der Waals surface area contributed by atoms with Crippen molar-refractivity contribution in [1.82, 2.24) is 0 Å². The number of halogens is 42. The van der Waals surface area contributed by atoms with Gasteiger partial charge in [-0.05, 0) is 0 Å². The summed E-state index contributed by atoms with van der Waals surface area (Å²) in [6, 6.07) is 0. The van der Waals surface area contributed by atoms with Gasteiger partial charge in [-0.25, -0.2) is 17.6 Å². The minimum Gasteiger partial charge on any atom is -0.281 e. The van der Waals surface area contributed by atoms with Gasteiger partial charge in [-0.2, -0.15) is 184 Å². The van der Waals surface area contributed by atoms with Crippen molar-refractivity contribution in [3.05, 3.63) is 0 Å². The minimum atomic E-state index is -9.97. The van der Waals surface area contributed by atoms with Crippen molar-refractivity contribution in [2.24, 2.45) is 0 Å². The Balaban J connectivity index is 0. The van der Waals surface area contributed by atoms with Gasteiger partial charge in [-0.15, -0.1) is 0 Å².